The summed E-state index contributed by atoms with van der Waals surface area (Å²) in [5.41, 5.74) is 3.47. The Bertz CT molecular complexity index is 659. The van der Waals surface area contributed by atoms with E-state index >= 15 is 0 Å². The molecule has 25 heavy (non-hydrogen) atoms. The van der Waals surface area contributed by atoms with Gasteiger partial charge in [-0.05, 0) is 65.5 Å². The van der Waals surface area contributed by atoms with Gasteiger partial charge in [0.2, 0.25) is 0 Å². The molecule has 0 unspecified atom stereocenters. The molecule has 0 spiro atoms. The third-order valence-corrected chi connectivity index (χ3v) is 4.47. The van der Waals surface area contributed by atoms with Gasteiger partial charge in [-0.1, -0.05) is 29.8 Å². The number of hydrogen-bond acceptors (Lipinski definition) is 4. The summed E-state index contributed by atoms with van der Waals surface area (Å²) in [6, 6.07) is 12.3. The Labute approximate surface area is 158 Å². The Morgan fingerprint density at radius 2 is 1.84 bits per heavy atom. The molecule has 0 aliphatic carbocycles. The van der Waals surface area contributed by atoms with Crippen molar-refractivity contribution in [1.82, 2.24) is 5.32 Å². The van der Waals surface area contributed by atoms with Crippen LogP contribution in [0.2, 0.25) is 0 Å². The van der Waals surface area contributed by atoms with Gasteiger partial charge in [0.05, 0.1) is 11.6 Å². The lowest BCUT2D eigenvalue weighted by molar-refractivity contribution is 0.282. The number of rotatable bonds is 10. The first-order valence-electron chi connectivity index (χ1n) is 8.50. The zero-order chi connectivity index (χ0) is 18.1. The maximum Gasteiger partial charge on any atom is 0.175 e. The van der Waals surface area contributed by atoms with Crippen molar-refractivity contribution in [2.75, 3.05) is 20.3 Å². The standard InChI is InChI=1S/C20H26BrNO3/c1-15-5-7-16(8-6-15)14-25-20-18(21)11-17(12-19(20)24-2)13-22-9-3-4-10-23/h5-8,11-12,22-23H,3-4,9-10,13-14H2,1-2H3. The molecule has 0 amide bonds. The maximum absolute atomic E-state index is 8.80. The normalized spacial score (nSPS) is 10.7. The molecule has 0 heterocycles. The van der Waals surface area contributed by atoms with Crippen molar-refractivity contribution in [1.29, 1.82) is 0 Å². The van der Waals surface area contributed by atoms with E-state index in [-0.39, 0.29) is 6.61 Å². The summed E-state index contributed by atoms with van der Waals surface area (Å²) in [6.07, 6.45) is 1.79. The molecule has 0 radical (unpaired) electrons. The van der Waals surface area contributed by atoms with Gasteiger partial charge in [0.15, 0.2) is 11.5 Å². The highest BCUT2D eigenvalue weighted by atomic mass is 79.9. The van der Waals surface area contributed by atoms with Crippen molar-refractivity contribution in [2.24, 2.45) is 0 Å². The van der Waals surface area contributed by atoms with E-state index in [4.69, 9.17) is 14.6 Å². The van der Waals surface area contributed by atoms with E-state index in [0.717, 1.165) is 41.5 Å². The van der Waals surface area contributed by atoms with Crippen LogP contribution in [-0.4, -0.2) is 25.4 Å². The molecule has 0 saturated heterocycles. The second kappa shape index (κ2) is 10.4. The van der Waals surface area contributed by atoms with Gasteiger partial charge in [-0.25, -0.2) is 0 Å². The molecule has 2 aromatic rings. The number of nitrogens with one attached hydrogen (secondary N) is 1. The zero-order valence-electron chi connectivity index (χ0n) is 14.8. The molecule has 2 N–H and O–H groups in total. The SMILES string of the molecule is COc1cc(CNCCCCO)cc(Br)c1OCc1ccc(C)cc1. The first-order chi connectivity index (χ1) is 12.1. The van der Waals surface area contributed by atoms with Crippen molar-refractivity contribution in [2.45, 2.75) is 32.9 Å². The van der Waals surface area contributed by atoms with E-state index in [1.165, 1.54) is 5.56 Å². The fourth-order valence-corrected chi connectivity index (χ4v) is 3.05. The molecule has 2 rings (SSSR count). The van der Waals surface area contributed by atoms with E-state index in [1.54, 1.807) is 7.11 Å². The van der Waals surface area contributed by atoms with Crippen molar-refractivity contribution in [3.8, 4) is 11.5 Å². The van der Waals surface area contributed by atoms with Gasteiger partial charge in [0.25, 0.3) is 0 Å². The van der Waals surface area contributed by atoms with Gasteiger partial charge >= 0.3 is 0 Å². The third-order valence-electron chi connectivity index (χ3n) is 3.88. The molecule has 4 nitrogen and oxygen atoms in total. The van der Waals surface area contributed by atoms with Crippen LogP contribution in [0.15, 0.2) is 40.9 Å². The summed E-state index contributed by atoms with van der Waals surface area (Å²) in [5, 5.41) is 12.2. The minimum Gasteiger partial charge on any atom is -0.493 e. The molecule has 2 aromatic carbocycles. The van der Waals surface area contributed by atoms with E-state index in [0.29, 0.717) is 18.1 Å². The van der Waals surface area contributed by atoms with E-state index in [1.807, 2.05) is 12.1 Å². The van der Waals surface area contributed by atoms with E-state index in [9.17, 15) is 0 Å². The van der Waals surface area contributed by atoms with Gasteiger partial charge in [-0.15, -0.1) is 0 Å². The zero-order valence-corrected chi connectivity index (χ0v) is 16.4. The molecular formula is C20H26BrNO3. The van der Waals surface area contributed by atoms with Crippen molar-refractivity contribution < 1.29 is 14.6 Å². The third kappa shape index (κ3) is 6.34. The Balaban J connectivity index is 1.99. The van der Waals surface area contributed by atoms with Crippen LogP contribution in [0.4, 0.5) is 0 Å². The Morgan fingerprint density at radius 1 is 1.08 bits per heavy atom. The summed E-state index contributed by atoms with van der Waals surface area (Å²) in [4.78, 5) is 0. The van der Waals surface area contributed by atoms with Crippen molar-refractivity contribution >= 4 is 15.9 Å². The molecule has 0 aliphatic heterocycles. The fraction of sp³-hybridized carbons (Fsp3) is 0.400. The van der Waals surface area contributed by atoms with Gasteiger partial charge in [-0.3, -0.25) is 0 Å². The quantitative estimate of drug-likeness (QED) is 0.579. The topological polar surface area (TPSA) is 50.7 Å². The van der Waals surface area contributed by atoms with Crippen LogP contribution in [0, 0.1) is 6.92 Å². The number of aryl methyl sites for hydroxylation is 1. The number of hydrogen-bond donors (Lipinski definition) is 2. The largest absolute Gasteiger partial charge is 0.493 e. The smallest absolute Gasteiger partial charge is 0.175 e. The monoisotopic (exact) mass is 407 g/mol. The average molecular weight is 408 g/mol. The number of unbranched alkanes of at least 4 members (excludes halogenated alkanes) is 1. The second-order valence-corrected chi connectivity index (χ2v) is 6.85. The maximum atomic E-state index is 8.80. The van der Waals surface area contributed by atoms with E-state index < -0.39 is 0 Å². The van der Waals surface area contributed by atoms with Crippen LogP contribution < -0.4 is 14.8 Å². The molecule has 0 fully saturated rings. The Morgan fingerprint density at radius 3 is 2.52 bits per heavy atom. The molecule has 0 aliphatic rings. The first kappa shape index (κ1) is 19.8. The molecule has 5 heteroatoms. The van der Waals surface area contributed by atoms with Gasteiger partial charge in [0.1, 0.15) is 6.61 Å². The fourth-order valence-electron chi connectivity index (χ4n) is 2.45. The molecule has 0 aromatic heterocycles. The van der Waals surface area contributed by atoms with Gasteiger partial charge < -0.3 is 19.9 Å². The average Bonchev–Trinajstić information content (AvgIpc) is 2.61. The Hall–Kier alpha value is -1.56. The highest BCUT2D eigenvalue weighted by Gasteiger charge is 2.12. The lowest BCUT2D eigenvalue weighted by Crippen LogP contribution is -2.15. The van der Waals surface area contributed by atoms with Gasteiger partial charge in [0, 0.05) is 13.2 Å². The van der Waals surface area contributed by atoms with E-state index in [2.05, 4.69) is 52.4 Å². The number of halogens is 1. The number of ether oxygens (including phenoxy) is 2. The van der Waals surface area contributed by atoms with Crippen LogP contribution in [0.1, 0.15) is 29.5 Å². The minimum atomic E-state index is 0.244. The lowest BCUT2D eigenvalue weighted by Gasteiger charge is -2.15. The predicted octanol–water partition coefficient (Wildman–Crippen LogP) is 4.21. The highest BCUT2D eigenvalue weighted by molar-refractivity contribution is 9.10. The number of methoxy groups -OCH3 is 1. The first-order valence-corrected chi connectivity index (χ1v) is 9.29. The predicted molar refractivity (Wildman–Crippen MR) is 104 cm³/mol. The summed E-state index contributed by atoms with van der Waals surface area (Å²) >= 11 is 3.59. The van der Waals surface area contributed by atoms with Crippen LogP contribution >= 0.6 is 15.9 Å². The van der Waals surface area contributed by atoms with Crippen LogP contribution in [0.25, 0.3) is 0 Å². The Kier molecular flexibility index (Phi) is 8.25. The summed E-state index contributed by atoms with van der Waals surface area (Å²) in [7, 11) is 1.65. The minimum absolute atomic E-state index is 0.244. The number of aliphatic hydroxyl groups is 1. The highest BCUT2D eigenvalue weighted by Crippen LogP contribution is 2.37. The van der Waals surface area contributed by atoms with Crippen LogP contribution in [0.3, 0.4) is 0 Å². The number of aliphatic hydroxyl groups excluding tert-OH is 1. The molecular weight excluding hydrogens is 382 g/mol. The van der Waals surface area contributed by atoms with Crippen LogP contribution in [0.5, 0.6) is 11.5 Å². The van der Waals surface area contributed by atoms with Crippen molar-refractivity contribution in [3.63, 3.8) is 0 Å². The summed E-state index contributed by atoms with van der Waals surface area (Å²) in [6.45, 7) is 4.44. The number of benzene rings is 2. The van der Waals surface area contributed by atoms with Crippen molar-refractivity contribution in [3.05, 3.63) is 57.6 Å². The lowest BCUT2D eigenvalue weighted by atomic mass is 10.1. The molecule has 136 valence electrons. The molecule has 0 bridgehead atoms. The van der Waals surface area contributed by atoms with Crippen LogP contribution in [-0.2, 0) is 13.2 Å². The summed E-state index contributed by atoms with van der Waals surface area (Å²) < 4.78 is 12.4. The molecule has 0 atom stereocenters. The molecule has 0 saturated carbocycles. The summed E-state index contributed by atoms with van der Waals surface area (Å²) in [5.74, 6) is 1.43. The van der Waals surface area contributed by atoms with Gasteiger partial charge in [-0.2, -0.15) is 0 Å². The second-order valence-electron chi connectivity index (χ2n) is 5.99.